The third-order valence-corrected chi connectivity index (χ3v) is 6.94. The van der Waals surface area contributed by atoms with Crippen LogP contribution in [0.15, 0.2) is 22.7 Å². The number of halogens is 1. The average Bonchev–Trinajstić information content (AvgIpc) is 3.25. The Bertz CT molecular complexity index is 935. The summed E-state index contributed by atoms with van der Waals surface area (Å²) in [4.78, 5) is 52.7. The van der Waals surface area contributed by atoms with Gasteiger partial charge in [-0.05, 0) is 38.0 Å². The Morgan fingerprint density at radius 3 is 2.69 bits per heavy atom. The van der Waals surface area contributed by atoms with Crippen LogP contribution in [0.2, 0.25) is 0 Å². The van der Waals surface area contributed by atoms with E-state index < -0.39 is 29.3 Å². The molecule has 0 aliphatic carbocycles. The van der Waals surface area contributed by atoms with E-state index in [1.54, 1.807) is 12.1 Å². The molecule has 3 aliphatic rings. The third kappa shape index (κ3) is 2.74. The monoisotopic (exact) mass is 462 g/mol. The number of fused-ring (bicyclic) bond motifs is 4. The number of benzene rings is 1. The molecule has 1 aromatic carbocycles. The first-order valence-corrected chi connectivity index (χ1v) is 10.6. The number of hydrogen-bond acceptors (Lipinski definition) is 5. The number of carbonyl (C=O) groups is 4. The van der Waals surface area contributed by atoms with Crippen molar-refractivity contribution in [2.75, 3.05) is 5.32 Å². The van der Waals surface area contributed by atoms with E-state index in [-0.39, 0.29) is 36.6 Å². The van der Waals surface area contributed by atoms with E-state index >= 15 is 0 Å². The summed E-state index contributed by atoms with van der Waals surface area (Å²) in [7, 11) is 0. The number of amides is 4. The molecular formula is C20H23BrN4O4. The number of likely N-dealkylation sites (tertiary alicyclic amines) is 1. The van der Waals surface area contributed by atoms with E-state index in [4.69, 9.17) is 5.73 Å². The van der Waals surface area contributed by atoms with Crippen molar-refractivity contribution in [2.45, 2.75) is 50.7 Å². The predicted molar refractivity (Wildman–Crippen MR) is 108 cm³/mol. The topological polar surface area (TPSA) is 122 Å². The van der Waals surface area contributed by atoms with E-state index in [1.165, 1.54) is 4.90 Å². The molecule has 2 fully saturated rings. The number of rotatable bonds is 5. The normalized spacial score (nSPS) is 31.2. The minimum Gasteiger partial charge on any atom is -0.370 e. The summed E-state index contributed by atoms with van der Waals surface area (Å²) in [6.07, 6.45) is 0.967. The molecule has 4 N–H and O–H groups in total. The van der Waals surface area contributed by atoms with Crippen molar-refractivity contribution >= 4 is 45.2 Å². The van der Waals surface area contributed by atoms with Crippen LogP contribution in [-0.2, 0) is 24.7 Å². The second-order valence-corrected chi connectivity index (χ2v) is 8.93. The molecule has 1 aromatic rings. The highest BCUT2D eigenvalue weighted by Crippen LogP contribution is 2.54. The molecule has 0 saturated carbocycles. The van der Waals surface area contributed by atoms with Crippen LogP contribution in [0.25, 0.3) is 0 Å². The number of anilines is 1. The second-order valence-electron chi connectivity index (χ2n) is 8.02. The fourth-order valence-corrected chi connectivity index (χ4v) is 5.32. The number of carbonyl (C=O) groups excluding carboxylic acids is 4. The molecule has 0 bridgehead atoms. The van der Waals surface area contributed by atoms with Gasteiger partial charge in [0, 0.05) is 34.2 Å². The summed E-state index contributed by atoms with van der Waals surface area (Å²) < 4.78 is 0.765. The van der Waals surface area contributed by atoms with Gasteiger partial charge in [-0.3, -0.25) is 29.4 Å². The molecule has 8 nitrogen and oxygen atoms in total. The summed E-state index contributed by atoms with van der Waals surface area (Å²) in [5.74, 6) is -3.05. The van der Waals surface area contributed by atoms with Gasteiger partial charge in [-0.15, -0.1) is 0 Å². The van der Waals surface area contributed by atoms with Gasteiger partial charge in [0.2, 0.25) is 23.6 Å². The Balaban J connectivity index is 1.85. The number of nitrogens with zero attached hydrogens (tertiary/aromatic N) is 1. The zero-order valence-electron chi connectivity index (χ0n) is 16.2. The van der Waals surface area contributed by atoms with E-state index in [0.29, 0.717) is 17.7 Å². The molecule has 154 valence electrons. The highest BCUT2D eigenvalue weighted by atomic mass is 79.9. The lowest BCUT2D eigenvalue weighted by Gasteiger charge is -2.31. The van der Waals surface area contributed by atoms with E-state index in [1.807, 2.05) is 19.9 Å². The number of hydrogen-bond donors (Lipinski definition) is 3. The van der Waals surface area contributed by atoms with Crippen LogP contribution in [0.4, 0.5) is 5.69 Å². The predicted octanol–water partition coefficient (Wildman–Crippen LogP) is 1.23. The molecule has 5 atom stereocenters. The summed E-state index contributed by atoms with van der Waals surface area (Å²) >= 11 is 3.44. The Morgan fingerprint density at radius 1 is 1.31 bits per heavy atom. The highest BCUT2D eigenvalue weighted by molar-refractivity contribution is 9.10. The van der Waals surface area contributed by atoms with Crippen LogP contribution in [0.1, 0.15) is 38.7 Å². The lowest BCUT2D eigenvalue weighted by atomic mass is 9.76. The van der Waals surface area contributed by atoms with E-state index in [2.05, 4.69) is 26.6 Å². The second kappa shape index (κ2) is 6.91. The van der Waals surface area contributed by atoms with Gasteiger partial charge in [0.05, 0.1) is 11.8 Å². The average molecular weight is 463 g/mol. The summed E-state index contributed by atoms with van der Waals surface area (Å²) in [5.41, 5.74) is 5.23. The minimum absolute atomic E-state index is 0.0642. The van der Waals surface area contributed by atoms with Gasteiger partial charge < -0.3 is 11.1 Å². The third-order valence-electron chi connectivity index (χ3n) is 6.44. The van der Waals surface area contributed by atoms with Crippen LogP contribution in [0.5, 0.6) is 0 Å². The first-order chi connectivity index (χ1) is 13.7. The summed E-state index contributed by atoms with van der Waals surface area (Å²) in [6.45, 7) is 3.74. The fraction of sp³-hybridized carbons (Fsp3) is 0.500. The van der Waals surface area contributed by atoms with Gasteiger partial charge in [0.1, 0.15) is 5.54 Å². The Hall–Kier alpha value is -2.26. The molecule has 0 unspecified atom stereocenters. The number of primary amides is 1. The highest BCUT2D eigenvalue weighted by Gasteiger charge is 2.70. The van der Waals surface area contributed by atoms with Crippen molar-refractivity contribution < 1.29 is 19.2 Å². The van der Waals surface area contributed by atoms with Gasteiger partial charge in [-0.2, -0.15) is 0 Å². The van der Waals surface area contributed by atoms with E-state index in [9.17, 15) is 19.2 Å². The Kier molecular flexibility index (Phi) is 4.77. The molecule has 0 radical (unpaired) electrons. The minimum atomic E-state index is -1.35. The maximum atomic E-state index is 13.5. The van der Waals surface area contributed by atoms with Gasteiger partial charge in [0.25, 0.3) is 0 Å². The molecule has 4 amide bonds. The Labute approximate surface area is 176 Å². The number of imide groups is 1. The summed E-state index contributed by atoms with van der Waals surface area (Å²) in [6, 6.07) is 4.61. The smallest absolute Gasteiger partial charge is 0.250 e. The van der Waals surface area contributed by atoms with Gasteiger partial charge in [-0.25, -0.2) is 0 Å². The van der Waals surface area contributed by atoms with Gasteiger partial charge in [-0.1, -0.05) is 22.9 Å². The van der Waals surface area contributed by atoms with Crippen LogP contribution < -0.4 is 16.4 Å². The number of nitrogens with one attached hydrogen (secondary N) is 2. The van der Waals surface area contributed by atoms with E-state index in [0.717, 1.165) is 4.47 Å². The van der Waals surface area contributed by atoms with Crippen molar-refractivity contribution in [2.24, 2.45) is 17.6 Å². The summed E-state index contributed by atoms with van der Waals surface area (Å²) in [5, 5.41) is 6.14. The molecule has 9 heteroatoms. The SMILES string of the molecule is CC[C@H](C)N1C(=O)[C@@H]2[C@H](CCC(N)=O)N[C@]3(C(=O)Nc4ccc(Br)cc43)[C@@H]2C1=O. The molecular weight excluding hydrogens is 440 g/mol. The van der Waals surface area contributed by atoms with Crippen molar-refractivity contribution in [3.8, 4) is 0 Å². The lowest BCUT2D eigenvalue weighted by molar-refractivity contribution is -0.145. The first-order valence-electron chi connectivity index (χ1n) is 9.76. The molecule has 3 heterocycles. The lowest BCUT2D eigenvalue weighted by Crippen LogP contribution is -2.54. The van der Waals surface area contributed by atoms with Crippen LogP contribution in [0, 0.1) is 11.8 Å². The quantitative estimate of drug-likeness (QED) is 0.568. The van der Waals surface area contributed by atoms with Crippen molar-refractivity contribution in [1.29, 1.82) is 0 Å². The maximum Gasteiger partial charge on any atom is 0.250 e. The molecule has 1 spiro atoms. The zero-order chi connectivity index (χ0) is 21.1. The standard InChI is InChI=1S/C20H23BrN4O4/c1-3-9(2)25-17(27)15-13(6-7-14(22)26)24-20(16(15)18(25)28)11-8-10(21)4-5-12(11)23-19(20)29/h4-5,8-9,13,15-16,24H,3,6-7H2,1-2H3,(H2,22,26)(H,23,29)/t9-,13-,15+,16-,20-/m0/s1. The number of nitrogens with two attached hydrogens (primary N) is 1. The zero-order valence-corrected chi connectivity index (χ0v) is 17.8. The van der Waals surface area contributed by atoms with Gasteiger partial charge in [0.15, 0.2) is 0 Å². The molecule has 0 aromatic heterocycles. The van der Waals surface area contributed by atoms with Gasteiger partial charge >= 0.3 is 0 Å². The van der Waals surface area contributed by atoms with Crippen molar-refractivity contribution in [3.63, 3.8) is 0 Å². The molecule has 4 rings (SSSR count). The fourth-order valence-electron chi connectivity index (χ4n) is 4.96. The van der Waals surface area contributed by atoms with Crippen LogP contribution in [-0.4, -0.2) is 40.6 Å². The Morgan fingerprint density at radius 2 is 2.03 bits per heavy atom. The molecule has 3 aliphatic heterocycles. The van der Waals surface area contributed by atoms with Crippen LogP contribution >= 0.6 is 15.9 Å². The molecule has 29 heavy (non-hydrogen) atoms. The molecule has 2 saturated heterocycles. The van der Waals surface area contributed by atoms with Crippen LogP contribution in [0.3, 0.4) is 0 Å². The van der Waals surface area contributed by atoms with Crippen molar-refractivity contribution in [3.05, 3.63) is 28.2 Å². The largest absolute Gasteiger partial charge is 0.370 e. The van der Waals surface area contributed by atoms with Crippen molar-refractivity contribution in [1.82, 2.24) is 10.2 Å². The maximum absolute atomic E-state index is 13.5. The first kappa shape index (κ1) is 20.0.